The Morgan fingerprint density at radius 1 is 0.321 bits per heavy atom. The number of aliphatic hydroxyl groups is 1. The summed E-state index contributed by atoms with van der Waals surface area (Å²) < 4.78 is 68.0. The van der Waals surface area contributed by atoms with E-state index in [-0.39, 0.29) is 25.7 Å². The summed E-state index contributed by atoms with van der Waals surface area (Å²) in [4.78, 5) is 72.2. The zero-order chi connectivity index (χ0) is 62.0. The van der Waals surface area contributed by atoms with Gasteiger partial charge in [-0.2, -0.15) is 0 Å². The van der Waals surface area contributed by atoms with Crippen LogP contribution >= 0.6 is 15.6 Å². The van der Waals surface area contributed by atoms with Crippen LogP contribution in [0.15, 0.2) is 0 Å². The lowest BCUT2D eigenvalue weighted by Gasteiger charge is -2.21. The van der Waals surface area contributed by atoms with Gasteiger partial charge in [0, 0.05) is 25.7 Å². The van der Waals surface area contributed by atoms with Gasteiger partial charge >= 0.3 is 39.5 Å². The first kappa shape index (κ1) is 82.1. The molecule has 17 nitrogen and oxygen atoms in total. The van der Waals surface area contributed by atoms with Crippen molar-refractivity contribution in [1.29, 1.82) is 0 Å². The molecule has 3 N–H and O–H groups in total. The number of hydrogen-bond donors (Lipinski definition) is 3. The maximum absolute atomic E-state index is 13.0. The molecule has 0 aliphatic rings. The second kappa shape index (κ2) is 58.7. The lowest BCUT2D eigenvalue weighted by atomic mass is 10.0. The molecule has 498 valence electrons. The smallest absolute Gasteiger partial charge is 0.462 e. The van der Waals surface area contributed by atoms with Crippen molar-refractivity contribution in [2.75, 3.05) is 39.6 Å². The predicted octanol–water partition coefficient (Wildman–Crippen LogP) is 18.2. The summed E-state index contributed by atoms with van der Waals surface area (Å²) in [5.74, 6) is -1.44. The van der Waals surface area contributed by atoms with E-state index in [1.165, 1.54) is 154 Å². The maximum atomic E-state index is 13.0. The average Bonchev–Trinajstić information content (AvgIpc) is 3.50. The number of phosphoric ester groups is 2. The van der Waals surface area contributed by atoms with Crippen LogP contribution < -0.4 is 0 Å². The number of aliphatic hydroxyl groups excluding tert-OH is 1. The van der Waals surface area contributed by atoms with E-state index >= 15 is 0 Å². The highest BCUT2D eigenvalue weighted by Gasteiger charge is 2.30. The highest BCUT2D eigenvalue weighted by atomic mass is 31.2. The van der Waals surface area contributed by atoms with Crippen molar-refractivity contribution in [2.45, 2.75) is 348 Å². The SMILES string of the molecule is CCCCCCCCCCCCCCCCC(=O)O[C@H](COC(=O)CCCCCCCCCCCCC)COP(=O)(O)OC[C@@H](O)COP(=O)(O)OC[C@@H](COC(=O)CCCCCCCCCCC)OC(=O)CCCCCCCCCC(C)C. The van der Waals surface area contributed by atoms with Gasteiger partial charge in [0.1, 0.15) is 19.3 Å². The summed E-state index contributed by atoms with van der Waals surface area (Å²) in [5, 5.41) is 10.5. The molecule has 0 saturated heterocycles. The Morgan fingerprint density at radius 3 is 0.810 bits per heavy atom. The molecule has 0 aromatic rings. The van der Waals surface area contributed by atoms with Gasteiger partial charge in [-0.05, 0) is 31.6 Å². The first-order valence-electron chi connectivity index (χ1n) is 34.1. The topological polar surface area (TPSA) is 237 Å². The molecule has 0 rings (SSSR count). The van der Waals surface area contributed by atoms with Crippen molar-refractivity contribution in [2.24, 2.45) is 5.92 Å². The minimum atomic E-state index is -4.94. The minimum Gasteiger partial charge on any atom is -0.462 e. The Hall–Kier alpha value is -1.94. The molecule has 0 bridgehead atoms. The fourth-order valence-corrected chi connectivity index (χ4v) is 11.3. The molecule has 0 aromatic carbocycles. The number of rotatable bonds is 65. The fourth-order valence-electron chi connectivity index (χ4n) is 9.76. The number of hydrogen-bond acceptors (Lipinski definition) is 15. The molecule has 2 unspecified atom stereocenters. The van der Waals surface area contributed by atoms with Gasteiger partial charge in [0.15, 0.2) is 12.2 Å². The maximum Gasteiger partial charge on any atom is 0.472 e. The Morgan fingerprint density at radius 2 is 0.548 bits per heavy atom. The van der Waals surface area contributed by atoms with E-state index in [4.69, 9.17) is 37.0 Å². The Labute approximate surface area is 511 Å². The quantitative estimate of drug-likeness (QED) is 0.0222. The molecular weight excluding hydrogens is 1110 g/mol. The molecule has 0 spiro atoms. The molecule has 0 fully saturated rings. The average molecular weight is 1240 g/mol. The fraction of sp³-hybridized carbons (Fsp3) is 0.938. The lowest BCUT2D eigenvalue weighted by Crippen LogP contribution is -2.30. The van der Waals surface area contributed by atoms with Gasteiger partial charge in [0.25, 0.3) is 0 Å². The normalized spacial score (nSPS) is 14.2. The summed E-state index contributed by atoms with van der Waals surface area (Å²) in [5.41, 5.74) is 0. The van der Waals surface area contributed by atoms with Crippen LogP contribution in [0.3, 0.4) is 0 Å². The summed E-state index contributed by atoms with van der Waals surface area (Å²) >= 11 is 0. The summed E-state index contributed by atoms with van der Waals surface area (Å²) in [7, 11) is -9.89. The standard InChI is InChI=1S/C65H126O17P2/c1-6-9-12-15-18-21-23-24-25-27-30-35-40-45-50-64(69)81-60(54-76-63(68)49-44-39-34-29-26-22-19-16-13-10-7-2)56-79-83(71,72)77-52-59(66)53-78-84(73,74)80-57-61(55-75-62(67)48-43-38-33-28-20-17-14-11-8-3)82-65(70)51-46-41-36-31-32-37-42-47-58(4)5/h58-61,66H,6-57H2,1-5H3,(H,71,72)(H,73,74)/t59-,60-,61-/m1/s1. The molecule has 19 heteroatoms. The second-order valence-electron chi connectivity index (χ2n) is 24.0. The van der Waals surface area contributed by atoms with E-state index in [0.29, 0.717) is 31.6 Å². The van der Waals surface area contributed by atoms with Gasteiger partial charge in [0.05, 0.1) is 26.4 Å². The van der Waals surface area contributed by atoms with Gasteiger partial charge in [-0.15, -0.1) is 0 Å². The molecule has 0 heterocycles. The number of ether oxygens (including phenoxy) is 4. The van der Waals surface area contributed by atoms with Crippen molar-refractivity contribution in [3.63, 3.8) is 0 Å². The third-order valence-electron chi connectivity index (χ3n) is 15.0. The van der Waals surface area contributed by atoms with Crippen molar-refractivity contribution in [1.82, 2.24) is 0 Å². The van der Waals surface area contributed by atoms with Crippen molar-refractivity contribution in [3.05, 3.63) is 0 Å². The van der Waals surface area contributed by atoms with Gasteiger partial charge in [-0.3, -0.25) is 37.3 Å². The zero-order valence-corrected chi connectivity index (χ0v) is 55.8. The van der Waals surface area contributed by atoms with E-state index < -0.39 is 97.5 Å². The molecule has 5 atom stereocenters. The van der Waals surface area contributed by atoms with Gasteiger partial charge < -0.3 is 33.8 Å². The summed E-state index contributed by atoms with van der Waals surface area (Å²) in [6, 6.07) is 0. The molecular formula is C65H126O17P2. The van der Waals surface area contributed by atoms with Crippen LogP contribution in [0.4, 0.5) is 0 Å². The van der Waals surface area contributed by atoms with Crippen LogP contribution in [0.1, 0.15) is 330 Å². The van der Waals surface area contributed by atoms with E-state index in [2.05, 4.69) is 34.6 Å². The van der Waals surface area contributed by atoms with Crippen molar-refractivity contribution < 1.29 is 80.2 Å². The van der Waals surface area contributed by atoms with Crippen LogP contribution in [0.2, 0.25) is 0 Å². The first-order chi connectivity index (χ1) is 40.5. The minimum absolute atomic E-state index is 0.104. The van der Waals surface area contributed by atoms with Crippen LogP contribution in [0, 0.1) is 5.92 Å². The van der Waals surface area contributed by atoms with Crippen molar-refractivity contribution in [3.8, 4) is 0 Å². The van der Waals surface area contributed by atoms with Gasteiger partial charge in [-0.1, -0.05) is 279 Å². The summed E-state index contributed by atoms with van der Waals surface area (Å²) in [6.07, 6.45) is 43.0. The lowest BCUT2D eigenvalue weighted by molar-refractivity contribution is -0.161. The highest BCUT2D eigenvalue weighted by Crippen LogP contribution is 2.45. The van der Waals surface area contributed by atoms with Crippen LogP contribution in [0.5, 0.6) is 0 Å². The highest BCUT2D eigenvalue weighted by molar-refractivity contribution is 7.47. The number of esters is 4. The molecule has 0 radical (unpaired) electrons. The first-order valence-corrected chi connectivity index (χ1v) is 37.1. The summed E-state index contributed by atoms with van der Waals surface area (Å²) in [6.45, 7) is 7.13. The monoisotopic (exact) mass is 1240 g/mol. The molecule has 0 aromatic heterocycles. The van der Waals surface area contributed by atoms with Gasteiger partial charge in [0.2, 0.25) is 0 Å². The number of carbonyl (C=O) groups is 4. The van der Waals surface area contributed by atoms with Crippen LogP contribution in [-0.2, 0) is 65.4 Å². The van der Waals surface area contributed by atoms with E-state index in [1.807, 2.05) is 0 Å². The number of phosphoric acid groups is 2. The van der Waals surface area contributed by atoms with E-state index in [0.717, 1.165) is 89.9 Å². The molecule has 0 aliphatic heterocycles. The van der Waals surface area contributed by atoms with Crippen LogP contribution in [0.25, 0.3) is 0 Å². The Balaban J connectivity index is 5.23. The van der Waals surface area contributed by atoms with Crippen LogP contribution in [-0.4, -0.2) is 96.7 Å². The molecule has 0 aliphatic carbocycles. The molecule has 84 heavy (non-hydrogen) atoms. The van der Waals surface area contributed by atoms with Crippen molar-refractivity contribution >= 4 is 39.5 Å². The predicted molar refractivity (Wildman–Crippen MR) is 335 cm³/mol. The second-order valence-corrected chi connectivity index (χ2v) is 26.9. The van der Waals surface area contributed by atoms with Gasteiger partial charge in [-0.25, -0.2) is 9.13 Å². The Kier molecular flexibility index (Phi) is 57.4. The third-order valence-corrected chi connectivity index (χ3v) is 16.9. The molecule has 0 amide bonds. The third kappa shape index (κ3) is 59.0. The van der Waals surface area contributed by atoms with E-state index in [9.17, 15) is 43.2 Å². The Bertz CT molecular complexity index is 1640. The number of carbonyl (C=O) groups excluding carboxylic acids is 4. The number of unbranched alkanes of at least 4 members (excludes halogenated alkanes) is 37. The molecule has 0 saturated carbocycles. The van der Waals surface area contributed by atoms with E-state index in [1.54, 1.807) is 0 Å². The zero-order valence-electron chi connectivity index (χ0n) is 54.0. The largest absolute Gasteiger partial charge is 0.472 e.